The van der Waals surface area contributed by atoms with Gasteiger partial charge < -0.3 is 15.5 Å². The number of anilines is 2. The highest BCUT2D eigenvalue weighted by Crippen LogP contribution is 2.36. The van der Waals surface area contributed by atoms with Crippen LogP contribution in [0.1, 0.15) is 19.8 Å². The highest BCUT2D eigenvalue weighted by Gasteiger charge is 2.28. The molecule has 2 heterocycles. The third kappa shape index (κ3) is 2.09. The van der Waals surface area contributed by atoms with E-state index in [0.717, 1.165) is 18.2 Å². The van der Waals surface area contributed by atoms with E-state index in [4.69, 9.17) is 11.6 Å². The van der Waals surface area contributed by atoms with E-state index in [1.165, 1.54) is 24.2 Å². The number of benzene rings is 1. The van der Waals surface area contributed by atoms with Gasteiger partial charge in [-0.15, -0.1) is 0 Å². The second kappa shape index (κ2) is 4.39. The van der Waals surface area contributed by atoms with E-state index in [0.29, 0.717) is 12.1 Å². The molecule has 4 heteroatoms. The second-order valence-corrected chi connectivity index (χ2v) is 5.44. The minimum absolute atomic E-state index is 0.616. The van der Waals surface area contributed by atoms with Gasteiger partial charge in [0.05, 0.1) is 18.0 Å². The molecule has 17 heavy (non-hydrogen) atoms. The Kier molecular flexibility index (Phi) is 2.89. The van der Waals surface area contributed by atoms with Gasteiger partial charge in [0.1, 0.15) is 0 Å². The van der Waals surface area contributed by atoms with Crippen molar-refractivity contribution in [3.8, 4) is 0 Å². The molecule has 0 aromatic heterocycles. The molecule has 1 aromatic rings. The summed E-state index contributed by atoms with van der Waals surface area (Å²) >= 11 is 6.01. The summed E-state index contributed by atoms with van der Waals surface area (Å²) in [5, 5.41) is 7.73. The molecule has 2 N–H and O–H groups in total. The topological polar surface area (TPSA) is 27.3 Å². The first kappa shape index (κ1) is 11.2. The molecule has 0 radical (unpaired) electrons. The fraction of sp³-hybridized carbons (Fsp3) is 0.538. The average Bonchev–Trinajstić information content (AvgIpc) is 2.71. The Hall–Kier alpha value is -0.930. The molecule has 2 aliphatic heterocycles. The lowest BCUT2D eigenvalue weighted by Crippen LogP contribution is -2.46. The van der Waals surface area contributed by atoms with Gasteiger partial charge in [-0.05, 0) is 44.5 Å². The molecule has 1 aromatic carbocycles. The van der Waals surface area contributed by atoms with Crippen LogP contribution >= 0.6 is 11.6 Å². The van der Waals surface area contributed by atoms with E-state index < -0.39 is 0 Å². The van der Waals surface area contributed by atoms with E-state index in [9.17, 15) is 0 Å². The van der Waals surface area contributed by atoms with Gasteiger partial charge in [0.15, 0.2) is 0 Å². The molecule has 3 rings (SSSR count). The predicted octanol–water partition coefficient (Wildman–Crippen LogP) is 2.67. The molecule has 0 amide bonds. The largest absolute Gasteiger partial charge is 0.366 e. The van der Waals surface area contributed by atoms with Gasteiger partial charge in [0.2, 0.25) is 0 Å². The minimum Gasteiger partial charge on any atom is -0.366 e. The zero-order chi connectivity index (χ0) is 11.8. The number of hydrogen-bond acceptors (Lipinski definition) is 3. The van der Waals surface area contributed by atoms with E-state index in [2.05, 4.69) is 28.5 Å². The summed E-state index contributed by atoms with van der Waals surface area (Å²) in [6, 6.07) is 7.38. The molecule has 1 saturated heterocycles. The van der Waals surface area contributed by atoms with Crippen LogP contribution in [0.15, 0.2) is 18.2 Å². The van der Waals surface area contributed by atoms with Crippen molar-refractivity contribution in [3.63, 3.8) is 0 Å². The van der Waals surface area contributed by atoms with Crippen LogP contribution in [0.25, 0.3) is 0 Å². The molecule has 1 fully saturated rings. The second-order valence-electron chi connectivity index (χ2n) is 5.00. The van der Waals surface area contributed by atoms with Crippen LogP contribution in [0.5, 0.6) is 0 Å². The summed E-state index contributed by atoms with van der Waals surface area (Å²) in [6.45, 7) is 4.29. The maximum atomic E-state index is 6.01. The van der Waals surface area contributed by atoms with Gasteiger partial charge in [-0.2, -0.15) is 0 Å². The lowest BCUT2D eigenvalue weighted by atomic mass is 9.99. The van der Waals surface area contributed by atoms with Crippen LogP contribution in [0.4, 0.5) is 11.4 Å². The number of fused-ring (bicyclic) bond motifs is 1. The van der Waals surface area contributed by atoms with Crippen LogP contribution < -0.4 is 15.5 Å². The lowest BCUT2D eigenvalue weighted by Gasteiger charge is -2.35. The van der Waals surface area contributed by atoms with Gasteiger partial charge in [0, 0.05) is 17.1 Å². The van der Waals surface area contributed by atoms with Crippen LogP contribution in [0.2, 0.25) is 5.02 Å². The van der Waals surface area contributed by atoms with E-state index in [1.54, 1.807) is 0 Å². The van der Waals surface area contributed by atoms with Crippen molar-refractivity contribution in [1.82, 2.24) is 5.32 Å². The quantitative estimate of drug-likeness (QED) is 0.804. The number of nitrogens with zero attached hydrogens (tertiary/aromatic N) is 1. The molecular formula is C13H18ClN3. The smallest absolute Gasteiger partial charge is 0.0880 e. The van der Waals surface area contributed by atoms with Crippen LogP contribution in [0.3, 0.4) is 0 Å². The Labute approximate surface area is 107 Å². The van der Waals surface area contributed by atoms with Crippen molar-refractivity contribution in [2.45, 2.75) is 31.8 Å². The molecular weight excluding hydrogens is 234 g/mol. The Morgan fingerprint density at radius 1 is 1.41 bits per heavy atom. The Morgan fingerprint density at radius 3 is 3.12 bits per heavy atom. The maximum Gasteiger partial charge on any atom is 0.0880 e. The summed E-state index contributed by atoms with van der Waals surface area (Å²) in [4.78, 5) is 2.48. The van der Waals surface area contributed by atoms with Gasteiger partial charge in [-0.1, -0.05) is 11.6 Å². The molecule has 2 unspecified atom stereocenters. The van der Waals surface area contributed by atoms with Crippen molar-refractivity contribution in [2.75, 3.05) is 23.4 Å². The summed E-state index contributed by atoms with van der Waals surface area (Å²) in [5.41, 5.74) is 2.47. The zero-order valence-corrected chi connectivity index (χ0v) is 10.8. The van der Waals surface area contributed by atoms with E-state index in [1.807, 2.05) is 12.1 Å². The van der Waals surface area contributed by atoms with Crippen molar-refractivity contribution in [2.24, 2.45) is 0 Å². The first-order valence-corrected chi connectivity index (χ1v) is 6.65. The highest BCUT2D eigenvalue weighted by molar-refractivity contribution is 6.31. The van der Waals surface area contributed by atoms with Crippen molar-refractivity contribution >= 4 is 23.0 Å². The van der Waals surface area contributed by atoms with Crippen LogP contribution in [-0.2, 0) is 0 Å². The highest BCUT2D eigenvalue weighted by atomic mass is 35.5. The van der Waals surface area contributed by atoms with Gasteiger partial charge in [-0.3, -0.25) is 0 Å². The third-order valence-electron chi connectivity index (χ3n) is 3.74. The molecule has 0 spiro atoms. The first-order valence-electron chi connectivity index (χ1n) is 6.27. The van der Waals surface area contributed by atoms with Crippen molar-refractivity contribution in [3.05, 3.63) is 23.2 Å². The van der Waals surface area contributed by atoms with Gasteiger partial charge >= 0.3 is 0 Å². The monoisotopic (exact) mass is 251 g/mol. The maximum absolute atomic E-state index is 6.01. The van der Waals surface area contributed by atoms with E-state index >= 15 is 0 Å². The number of piperidine rings is 1. The number of rotatable bonds is 1. The molecule has 2 atom stereocenters. The Balaban J connectivity index is 1.83. The SMILES string of the molecule is CC1CC(N2CNc3cc(Cl)ccc32)CCN1. The van der Waals surface area contributed by atoms with Gasteiger partial charge in [-0.25, -0.2) is 0 Å². The normalized spacial score (nSPS) is 27.8. The molecule has 92 valence electrons. The minimum atomic E-state index is 0.616. The summed E-state index contributed by atoms with van der Waals surface area (Å²) in [5.74, 6) is 0. The fourth-order valence-corrected chi connectivity index (χ4v) is 3.04. The number of hydrogen-bond donors (Lipinski definition) is 2. The fourth-order valence-electron chi connectivity index (χ4n) is 2.87. The average molecular weight is 252 g/mol. The molecule has 0 bridgehead atoms. The summed E-state index contributed by atoms with van der Waals surface area (Å²) < 4.78 is 0. The number of halogens is 1. The Morgan fingerprint density at radius 2 is 2.29 bits per heavy atom. The standard InChI is InChI=1S/C13H18ClN3/c1-9-6-11(4-5-15-9)17-8-16-12-7-10(14)2-3-13(12)17/h2-3,7,9,11,15-16H,4-6,8H2,1H3. The Bertz CT molecular complexity index is 421. The lowest BCUT2D eigenvalue weighted by molar-refractivity contribution is 0.368. The predicted molar refractivity (Wildman–Crippen MR) is 72.9 cm³/mol. The van der Waals surface area contributed by atoms with Crippen LogP contribution in [-0.4, -0.2) is 25.3 Å². The van der Waals surface area contributed by atoms with Crippen molar-refractivity contribution < 1.29 is 0 Å². The summed E-state index contributed by atoms with van der Waals surface area (Å²) in [6.07, 6.45) is 2.43. The molecule has 0 saturated carbocycles. The summed E-state index contributed by atoms with van der Waals surface area (Å²) in [7, 11) is 0. The van der Waals surface area contributed by atoms with Crippen LogP contribution in [0, 0.1) is 0 Å². The first-order chi connectivity index (χ1) is 8.24. The zero-order valence-electron chi connectivity index (χ0n) is 10.0. The van der Waals surface area contributed by atoms with E-state index in [-0.39, 0.29) is 0 Å². The van der Waals surface area contributed by atoms with Gasteiger partial charge in [0.25, 0.3) is 0 Å². The molecule has 3 nitrogen and oxygen atoms in total. The van der Waals surface area contributed by atoms with Crippen molar-refractivity contribution in [1.29, 1.82) is 0 Å². The molecule has 2 aliphatic rings. The third-order valence-corrected chi connectivity index (χ3v) is 3.98. The molecule has 0 aliphatic carbocycles. The number of nitrogens with one attached hydrogen (secondary N) is 2.